The number of nitrogens with zero attached hydrogens (tertiary/aromatic N) is 3. The Hall–Kier alpha value is -2.68. The van der Waals surface area contributed by atoms with Crippen LogP contribution in [0.25, 0.3) is 27.7 Å². The second kappa shape index (κ2) is 8.35. The standard InChI is InChI=1S/C23H25ClN6OS/c1-4-17-20(24)19-21(27-17)28-23(29-22(19)30-8-7-13(25)11-30)32-14-5-6-18-15(9-14)16(10-26-18)12(2)31-3/h5-6,9-10,13,26H,2,4,7-8,11,25H2,1,3H3,(H,27,28,29)/t13-/m0/s1. The first kappa shape index (κ1) is 21.2. The van der Waals surface area contributed by atoms with Crippen LogP contribution in [0.4, 0.5) is 5.82 Å². The minimum atomic E-state index is 0.141. The molecule has 4 aromatic rings. The summed E-state index contributed by atoms with van der Waals surface area (Å²) in [5, 5.41) is 3.29. The van der Waals surface area contributed by atoms with Crippen molar-refractivity contribution in [1.29, 1.82) is 0 Å². The number of H-pyrrole nitrogens is 2. The average molecular weight is 469 g/mol. The van der Waals surface area contributed by atoms with Crippen molar-refractivity contribution in [2.24, 2.45) is 5.73 Å². The van der Waals surface area contributed by atoms with Crippen LogP contribution in [0.5, 0.6) is 0 Å². The number of anilines is 1. The maximum absolute atomic E-state index is 6.70. The summed E-state index contributed by atoms with van der Waals surface area (Å²) in [7, 11) is 1.63. The maximum Gasteiger partial charge on any atom is 0.196 e. The molecule has 0 radical (unpaired) electrons. The summed E-state index contributed by atoms with van der Waals surface area (Å²) in [6.07, 6.45) is 3.65. The van der Waals surface area contributed by atoms with Crippen LogP contribution < -0.4 is 10.6 Å². The van der Waals surface area contributed by atoms with Crippen molar-refractivity contribution >= 4 is 56.9 Å². The lowest BCUT2D eigenvalue weighted by molar-refractivity contribution is 0.372. The van der Waals surface area contributed by atoms with Gasteiger partial charge < -0.3 is 25.3 Å². The first-order valence-corrected chi connectivity index (χ1v) is 11.8. The van der Waals surface area contributed by atoms with Gasteiger partial charge in [-0.15, -0.1) is 0 Å². The van der Waals surface area contributed by atoms with E-state index in [1.54, 1.807) is 7.11 Å². The number of nitrogens with one attached hydrogen (secondary N) is 2. The number of aryl methyl sites for hydroxylation is 1. The van der Waals surface area contributed by atoms with Crippen LogP contribution in [0.2, 0.25) is 5.02 Å². The van der Waals surface area contributed by atoms with Crippen molar-refractivity contribution < 1.29 is 4.74 Å². The summed E-state index contributed by atoms with van der Waals surface area (Å²) in [5.74, 6) is 1.47. The molecule has 7 nitrogen and oxygen atoms in total. The van der Waals surface area contributed by atoms with Crippen molar-refractivity contribution in [1.82, 2.24) is 19.9 Å². The summed E-state index contributed by atoms with van der Waals surface area (Å²) >= 11 is 8.22. The van der Waals surface area contributed by atoms with Gasteiger partial charge in [-0.3, -0.25) is 0 Å². The van der Waals surface area contributed by atoms with Crippen LogP contribution in [0.1, 0.15) is 24.6 Å². The molecule has 1 saturated heterocycles. The van der Waals surface area contributed by atoms with E-state index in [1.165, 1.54) is 11.8 Å². The Labute approximate surface area is 195 Å². The summed E-state index contributed by atoms with van der Waals surface area (Å²) in [6.45, 7) is 7.68. The quantitative estimate of drug-likeness (QED) is 0.273. The van der Waals surface area contributed by atoms with Crippen molar-refractivity contribution in [2.75, 3.05) is 25.1 Å². The molecular formula is C23H25ClN6OS. The molecule has 0 amide bonds. The molecule has 0 aliphatic carbocycles. The van der Waals surface area contributed by atoms with Crippen LogP contribution in [0.15, 0.2) is 41.0 Å². The maximum atomic E-state index is 6.70. The molecule has 1 aliphatic heterocycles. The molecule has 166 valence electrons. The second-order valence-electron chi connectivity index (χ2n) is 7.96. The minimum absolute atomic E-state index is 0.141. The Balaban J connectivity index is 1.58. The first-order valence-electron chi connectivity index (χ1n) is 10.6. The zero-order valence-electron chi connectivity index (χ0n) is 18.0. The fourth-order valence-corrected chi connectivity index (χ4v) is 5.32. The number of hydrogen-bond donors (Lipinski definition) is 3. The van der Waals surface area contributed by atoms with Gasteiger partial charge in [0.25, 0.3) is 0 Å². The molecule has 0 saturated carbocycles. The molecule has 5 rings (SSSR count). The predicted molar refractivity (Wildman–Crippen MR) is 132 cm³/mol. The monoisotopic (exact) mass is 468 g/mol. The third-order valence-corrected chi connectivity index (χ3v) is 7.18. The van der Waals surface area contributed by atoms with E-state index >= 15 is 0 Å². The van der Waals surface area contributed by atoms with Crippen molar-refractivity contribution in [3.63, 3.8) is 0 Å². The summed E-state index contributed by atoms with van der Waals surface area (Å²) < 4.78 is 5.34. The fraction of sp³-hybridized carbons (Fsp3) is 0.304. The molecule has 3 aromatic heterocycles. The van der Waals surface area contributed by atoms with Crippen LogP contribution in [0.3, 0.4) is 0 Å². The summed E-state index contributed by atoms with van der Waals surface area (Å²) in [6, 6.07) is 6.35. The van der Waals surface area contributed by atoms with Crippen LogP contribution >= 0.6 is 23.4 Å². The normalized spacial score (nSPS) is 16.4. The highest BCUT2D eigenvalue weighted by molar-refractivity contribution is 7.99. The van der Waals surface area contributed by atoms with Gasteiger partial charge in [0.05, 0.1) is 17.5 Å². The number of ether oxygens (including phenoxy) is 1. The highest BCUT2D eigenvalue weighted by Crippen LogP contribution is 2.38. The van der Waals surface area contributed by atoms with E-state index in [9.17, 15) is 0 Å². The van der Waals surface area contributed by atoms with E-state index in [-0.39, 0.29) is 6.04 Å². The number of rotatable bonds is 6. The molecule has 1 aromatic carbocycles. The van der Waals surface area contributed by atoms with Crippen LogP contribution in [-0.4, -0.2) is 46.2 Å². The smallest absolute Gasteiger partial charge is 0.196 e. The van der Waals surface area contributed by atoms with E-state index in [1.807, 2.05) is 12.3 Å². The average Bonchev–Trinajstić information content (AvgIpc) is 3.49. The van der Waals surface area contributed by atoms with Gasteiger partial charge in [-0.05, 0) is 42.8 Å². The van der Waals surface area contributed by atoms with Crippen molar-refractivity contribution in [3.05, 3.63) is 47.3 Å². The topological polar surface area (TPSA) is 95.9 Å². The highest BCUT2D eigenvalue weighted by Gasteiger charge is 2.26. The Morgan fingerprint density at radius 3 is 2.97 bits per heavy atom. The molecule has 9 heteroatoms. The summed E-state index contributed by atoms with van der Waals surface area (Å²) in [5.41, 5.74) is 9.87. The van der Waals surface area contributed by atoms with Crippen LogP contribution in [-0.2, 0) is 11.2 Å². The van der Waals surface area contributed by atoms with E-state index < -0.39 is 0 Å². The van der Waals surface area contributed by atoms with E-state index in [0.29, 0.717) is 15.9 Å². The van der Waals surface area contributed by atoms with Gasteiger partial charge in [-0.25, -0.2) is 9.97 Å². The molecule has 1 atom stereocenters. The molecule has 0 unspecified atom stereocenters. The third kappa shape index (κ3) is 3.62. The molecule has 1 aliphatic rings. The number of aromatic amines is 2. The molecule has 1 fully saturated rings. The lowest BCUT2D eigenvalue weighted by Crippen LogP contribution is -2.27. The first-order chi connectivity index (χ1) is 15.5. The number of aromatic nitrogens is 4. The lowest BCUT2D eigenvalue weighted by atomic mass is 10.1. The Kier molecular flexibility index (Phi) is 5.53. The van der Waals surface area contributed by atoms with Gasteiger partial charge in [0.15, 0.2) is 5.16 Å². The van der Waals surface area contributed by atoms with Crippen molar-refractivity contribution in [3.8, 4) is 0 Å². The van der Waals surface area contributed by atoms with Gasteiger partial charge in [0, 0.05) is 52.4 Å². The SMILES string of the molecule is C=C(OC)c1c[nH]c2ccc(Sc3nc(N4CC[C@H](N)C4)c4c(Cl)c(CC)[nH]c4n3)cc12. The van der Waals surface area contributed by atoms with Gasteiger partial charge in [-0.1, -0.05) is 25.1 Å². The predicted octanol–water partition coefficient (Wildman–Crippen LogP) is 4.96. The Bertz CT molecular complexity index is 1330. The Morgan fingerprint density at radius 2 is 2.25 bits per heavy atom. The molecule has 4 N–H and O–H groups in total. The molecule has 4 heterocycles. The largest absolute Gasteiger partial charge is 0.497 e. The number of hydrogen-bond acceptors (Lipinski definition) is 6. The fourth-order valence-electron chi connectivity index (χ4n) is 4.18. The molecular weight excluding hydrogens is 444 g/mol. The molecule has 32 heavy (non-hydrogen) atoms. The summed E-state index contributed by atoms with van der Waals surface area (Å²) in [4.78, 5) is 19.6. The van der Waals surface area contributed by atoms with Crippen molar-refractivity contribution in [2.45, 2.75) is 35.9 Å². The van der Waals surface area contributed by atoms with E-state index in [2.05, 4.69) is 40.5 Å². The zero-order valence-corrected chi connectivity index (χ0v) is 19.6. The highest BCUT2D eigenvalue weighted by atomic mass is 35.5. The van der Waals surface area contributed by atoms with Gasteiger partial charge >= 0.3 is 0 Å². The number of fused-ring (bicyclic) bond motifs is 2. The minimum Gasteiger partial charge on any atom is -0.497 e. The second-order valence-corrected chi connectivity index (χ2v) is 9.38. The number of nitrogens with two attached hydrogens (primary N) is 1. The number of methoxy groups -OCH3 is 1. The van der Waals surface area contributed by atoms with Gasteiger partial charge in [0.2, 0.25) is 0 Å². The molecule has 0 spiro atoms. The van der Waals surface area contributed by atoms with Gasteiger partial charge in [-0.2, -0.15) is 0 Å². The van der Waals surface area contributed by atoms with E-state index in [4.69, 9.17) is 32.0 Å². The molecule has 0 bridgehead atoms. The number of halogens is 1. The third-order valence-electron chi connectivity index (χ3n) is 5.91. The number of benzene rings is 1. The van der Waals surface area contributed by atoms with E-state index in [0.717, 1.165) is 69.8 Å². The zero-order chi connectivity index (χ0) is 22.4. The van der Waals surface area contributed by atoms with Gasteiger partial charge in [0.1, 0.15) is 17.2 Å². The van der Waals surface area contributed by atoms with Crippen LogP contribution in [0, 0.1) is 0 Å². The Morgan fingerprint density at radius 1 is 1.41 bits per heavy atom. The lowest BCUT2D eigenvalue weighted by Gasteiger charge is -2.18.